The molecule has 0 radical (unpaired) electrons. The molecule has 0 spiro atoms. The molecular weight excluding hydrogens is 349 g/mol. The van der Waals surface area contributed by atoms with E-state index in [1.54, 1.807) is 12.1 Å². The first-order valence-corrected chi connectivity index (χ1v) is 8.29. The van der Waals surface area contributed by atoms with Gasteiger partial charge in [-0.05, 0) is 37.1 Å². The molecule has 0 unspecified atom stereocenters. The Morgan fingerprint density at radius 2 is 2.04 bits per heavy atom. The van der Waals surface area contributed by atoms with Crippen LogP contribution in [-0.4, -0.2) is 30.2 Å². The van der Waals surface area contributed by atoms with Crippen LogP contribution < -0.4 is 5.32 Å². The van der Waals surface area contributed by atoms with Gasteiger partial charge in [0.2, 0.25) is 0 Å². The molecule has 140 valence electrons. The highest BCUT2D eigenvalue weighted by molar-refractivity contribution is 5.90. The number of hydrogen-bond acceptors (Lipinski definition) is 3. The molecule has 1 fully saturated rings. The predicted molar refractivity (Wildman–Crippen MR) is 88.6 cm³/mol. The maximum absolute atomic E-state index is 13.1. The van der Waals surface area contributed by atoms with Crippen LogP contribution in [0.3, 0.4) is 0 Å². The SMILES string of the molecule is O=C(Nc1ccccc1C(F)(F)F)N(Cc1ccco1)C[C@@H]1CCCO1. The lowest BCUT2D eigenvalue weighted by molar-refractivity contribution is -0.136. The number of nitrogens with one attached hydrogen (secondary N) is 1. The van der Waals surface area contributed by atoms with Crippen molar-refractivity contribution in [3.8, 4) is 0 Å². The summed E-state index contributed by atoms with van der Waals surface area (Å²) < 4.78 is 50.2. The summed E-state index contributed by atoms with van der Waals surface area (Å²) in [5, 5.41) is 2.37. The second kappa shape index (κ2) is 7.82. The Kier molecular flexibility index (Phi) is 5.51. The van der Waals surface area contributed by atoms with Crippen molar-refractivity contribution in [1.82, 2.24) is 4.90 Å². The topological polar surface area (TPSA) is 54.7 Å². The van der Waals surface area contributed by atoms with Crippen molar-refractivity contribution in [1.29, 1.82) is 0 Å². The Morgan fingerprint density at radius 3 is 2.69 bits per heavy atom. The summed E-state index contributed by atoms with van der Waals surface area (Å²) in [6.07, 6.45) is -1.49. The van der Waals surface area contributed by atoms with Crippen molar-refractivity contribution in [2.75, 3.05) is 18.5 Å². The number of alkyl halides is 3. The molecule has 5 nitrogen and oxygen atoms in total. The summed E-state index contributed by atoms with van der Waals surface area (Å²) in [5.74, 6) is 0.544. The van der Waals surface area contributed by atoms with Crippen LogP contribution in [0.2, 0.25) is 0 Å². The van der Waals surface area contributed by atoms with Gasteiger partial charge in [-0.15, -0.1) is 0 Å². The number of furan rings is 1. The molecule has 1 saturated heterocycles. The zero-order valence-electron chi connectivity index (χ0n) is 14.0. The molecule has 0 bridgehead atoms. The molecule has 0 aliphatic carbocycles. The van der Waals surface area contributed by atoms with Gasteiger partial charge in [0.05, 0.1) is 30.2 Å². The highest BCUT2D eigenvalue weighted by Gasteiger charge is 2.34. The van der Waals surface area contributed by atoms with E-state index in [9.17, 15) is 18.0 Å². The second-order valence-electron chi connectivity index (χ2n) is 6.07. The number of para-hydroxylation sites is 1. The van der Waals surface area contributed by atoms with E-state index in [-0.39, 0.29) is 24.9 Å². The van der Waals surface area contributed by atoms with Gasteiger partial charge in [-0.25, -0.2) is 4.79 Å². The zero-order valence-corrected chi connectivity index (χ0v) is 14.0. The molecule has 1 atom stereocenters. The first-order valence-electron chi connectivity index (χ1n) is 8.29. The van der Waals surface area contributed by atoms with Gasteiger partial charge in [0.25, 0.3) is 0 Å². The molecule has 1 aromatic heterocycles. The van der Waals surface area contributed by atoms with E-state index in [1.165, 1.54) is 29.4 Å². The first-order chi connectivity index (χ1) is 12.4. The summed E-state index contributed by atoms with van der Waals surface area (Å²) in [6, 6.07) is 7.67. The first kappa shape index (κ1) is 18.3. The maximum atomic E-state index is 13.1. The van der Waals surface area contributed by atoms with Gasteiger partial charge in [-0.3, -0.25) is 0 Å². The number of nitrogens with zero attached hydrogens (tertiary/aromatic N) is 1. The standard InChI is InChI=1S/C18H19F3N2O3/c19-18(20,21)15-7-1-2-8-16(15)22-17(24)23(11-13-5-3-9-25-13)12-14-6-4-10-26-14/h1-3,5,7-9,14H,4,6,10-12H2,(H,22,24)/t14-/m0/s1. The molecule has 1 aromatic carbocycles. The quantitative estimate of drug-likeness (QED) is 0.845. The van der Waals surface area contributed by atoms with E-state index in [1.807, 2.05) is 0 Å². The van der Waals surface area contributed by atoms with Crippen molar-refractivity contribution in [2.24, 2.45) is 0 Å². The van der Waals surface area contributed by atoms with Crippen LogP contribution in [0.15, 0.2) is 47.1 Å². The highest BCUT2D eigenvalue weighted by Crippen LogP contribution is 2.34. The Hall–Kier alpha value is -2.48. The Bertz CT molecular complexity index is 726. The molecule has 3 rings (SSSR count). The molecule has 1 aliphatic rings. The van der Waals surface area contributed by atoms with E-state index in [4.69, 9.17) is 9.15 Å². The molecule has 8 heteroatoms. The van der Waals surface area contributed by atoms with Crippen molar-refractivity contribution >= 4 is 11.7 Å². The van der Waals surface area contributed by atoms with E-state index in [2.05, 4.69) is 5.32 Å². The molecule has 1 N–H and O–H groups in total. The van der Waals surface area contributed by atoms with E-state index in [0.717, 1.165) is 18.9 Å². The van der Waals surface area contributed by atoms with Crippen LogP contribution in [0.25, 0.3) is 0 Å². The number of rotatable bonds is 5. The van der Waals surface area contributed by atoms with Crippen LogP contribution in [-0.2, 0) is 17.5 Å². The van der Waals surface area contributed by atoms with Crippen molar-refractivity contribution < 1.29 is 27.1 Å². The summed E-state index contributed by atoms with van der Waals surface area (Å²) in [7, 11) is 0. The lowest BCUT2D eigenvalue weighted by Crippen LogP contribution is -2.39. The molecule has 26 heavy (non-hydrogen) atoms. The normalized spacial score (nSPS) is 17.3. The van der Waals surface area contributed by atoms with Crippen LogP contribution in [0.1, 0.15) is 24.2 Å². The third-order valence-corrected chi connectivity index (χ3v) is 4.14. The number of ether oxygens (including phenoxy) is 1. The minimum Gasteiger partial charge on any atom is -0.467 e. The Morgan fingerprint density at radius 1 is 1.23 bits per heavy atom. The van der Waals surface area contributed by atoms with Gasteiger partial charge in [0.15, 0.2) is 0 Å². The van der Waals surface area contributed by atoms with E-state index < -0.39 is 17.8 Å². The summed E-state index contributed by atoms with van der Waals surface area (Å²) in [4.78, 5) is 14.1. The summed E-state index contributed by atoms with van der Waals surface area (Å²) in [5.41, 5.74) is -1.16. The number of carbonyl (C=O) groups is 1. The van der Waals surface area contributed by atoms with Crippen molar-refractivity contribution in [3.63, 3.8) is 0 Å². The lowest BCUT2D eigenvalue weighted by Gasteiger charge is -2.25. The number of hydrogen-bond donors (Lipinski definition) is 1. The fourth-order valence-electron chi connectivity index (χ4n) is 2.88. The average Bonchev–Trinajstić information content (AvgIpc) is 3.27. The maximum Gasteiger partial charge on any atom is 0.418 e. The minimum atomic E-state index is -4.55. The number of urea groups is 1. The number of halogens is 3. The van der Waals surface area contributed by atoms with Gasteiger partial charge < -0.3 is 19.4 Å². The fraction of sp³-hybridized carbons (Fsp3) is 0.389. The van der Waals surface area contributed by atoms with Gasteiger partial charge >= 0.3 is 12.2 Å². The Labute approximate surface area is 148 Å². The van der Waals surface area contributed by atoms with E-state index >= 15 is 0 Å². The van der Waals surface area contributed by atoms with Crippen LogP contribution >= 0.6 is 0 Å². The lowest BCUT2D eigenvalue weighted by atomic mass is 10.1. The third-order valence-electron chi connectivity index (χ3n) is 4.14. The average molecular weight is 368 g/mol. The van der Waals surface area contributed by atoms with Crippen LogP contribution in [0.4, 0.5) is 23.7 Å². The van der Waals surface area contributed by atoms with Crippen molar-refractivity contribution in [2.45, 2.75) is 31.7 Å². The second-order valence-corrected chi connectivity index (χ2v) is 6.07. The molecule has 0 saturated carbocycles. The number of amides is 2. The van der Waals surface area contributed by atoms with E-state index in [0.29, 0.717) is 12.4 Å². The smallest absolute Gasteiger partial charge is 0.418 e. The zero-order chi connectivity index (χ0) is 18.6. The number of anilines is 1. The monoisotopic (exact) mass is 368 g/mol. The summed E-state index contributed by atoms with van der Waals surface area (Å²) >= 11 is 0. The van der Waals surface area contributed by atoms with Crippen LogP contribution in [0, 0.1) is 0 Å². The number of carbonyl (C=O) groups excluding carboxylic acids is 1. The van der Waals surface area contributed by atoms with Gasteiger partial charge in [0, 0.05) is 13.2 Å². The third kappa shape index (κ3) is 4.57. The molecule has 2 amide bonds. The molecule has 1 aliphatic heterocycles. The predicted octanol–water partition coefficient (Wildman–Crippen LogP) is 4.51. The van der Waals surface area contributed by atoms with Gasteiger partial charge in [0.1, 0.15) is 5.76 Å². The van der Waals surface area contributed by atoms with Gasteiger partial charge in [-0.1, -0.05) is 12.1 Å². The number of benzene rings is 1. The largest absolute Gasteiger partial charge is 0.467 e. The Balaban J connectivity index is 1.76. The van der Waals surface area contributed by atoms with Gasteiger partial charge in [-0.2, -0.15) is 13.2 Å². The van der Waals surface area contributed by atoms with Crippen molar-refractivity contribution in [3.05, 3.63) is 54.0 Å². The molecular formula is C18H19F3N2O3. The highest BCUT2D eigenvalue weighted by atomic mass is 19.4. The molecule has 2 heterocycles. The fourth-order valence-corrected chi connectivity index (χ4v) is 2.88. The summed E-state index contributed by atoms with van der Waals surface area (Å²) in [6.45, 7) is 1.05. The molecule has 2 aromatic rings. The van der Waals surface area contributed by atoms with Crippen LogP contribution in [0.5, 0.6) is 0 Å². The minimum absolute atomic E-state index is 0.131.